The van der Waals surface area contributed by atoms with Gasteiger partial charge in [-0.25, -0.2) is 48.3 Å². The minimum absolute atomic E-state index is 0.0816. The third-order valence-corrected chi connectivity index (χ3v) is 10.7. The zero-order valence-electron chi connectivity index (χ0n) is 33.3. The number of nitrogens with one attached hydrogen (secondary N) is 4. The summed E-state index contributed by atoms with van der Waals surface area (Å²) in [6, 6.07) is 3.52. The number of H-pyrrole nitrogens is 2. The van der Waals surface area contributed by atoms with Crippen molar-refractivity contribution < 1.29 is 27.8 Å². The fourth-order valence-corrected chi connectivity index (χ4v) is 7.55. The summed E-state index contributed by atoms with van der Waals surface area (Å²) in [4.78, 5) is 58.7. The van der Waals surface area contributed by atoms with E-state index < -0.39 is 11.6 Å². The van der Waals surface area contributed by atoms with Gasteiger partial charge in [-0.3, -0.25) is 0 Å². The lowest BCUT2D eigenvalue weighted by Gasteiger charge is -2.32. The lowest BCUT2D eigenvalue weighted by atomic mass is 9.98. The van der Waals surface area contributed by atoms with Gasteiger partial charge in [-0.2, -0.15) is 0 Å². The van der Waals surface area contributed by atoms with E-state index in [1.807, 2.05) is 0 Å². The van der Waals surface area contributed by atoms with Crippen LogP contribution in [0, 0.1) is 35.3 Å². The van der Waals surface area contributed by atoms with Crippen LogP contribution in [0.2, 0.25) is 10.0 Å². The maximum Gasteiger partial charge on any atom is 0.410 e. The molecular weight excluding hydrogens is 833 g/mol. The standard InChI is InChI=1S/C22H22ClFN6O2.C19H20ClFN6O2/c1-2-3-7-32-22(31)30-6-4-5-14(13-30)9-25-21-18(24)12-28-20(29-21)17-11-27-19-16(17)8-15(23)10-26-19;1-29-19(28)27-4-2-3-11(10-27)6-22-18-15(21)9-25-17(26-18)14-8-24-16-13(14)5-12(20)7-23-16/h8,10-12,14H,4-7,9,13H2,1H3,(H,26,27)(H,25,28,29);5,7-9,11H,2-4,6,10H2,1H3,(H,23,24)(H,22,25,26). The molecule has 4 N–H and O–H groups in total. The van der Waals surface area contributed by atoms with E-state index in [1.165, 1.54) is 7.11 Å². The summed E-state index contributed by atoms with van der Waals surface area (Å²) in [6.07, 6.45) is 11.7. The average Bonchev–Trinajstić information content (AvgIpc) is 3.90. The number of aromatic nitrogens is 8. The smallest absolute Gasteiger partial charge is 0.410 e. The number of fused-ring (bicyclic) bond motifs is 2. The van der Waals surface area contributed by atoms with Crippen molar-refractivity contribution in [3.63, 3.8) is 0 Å². The van der Waals surface area contributed by atoms with E-state index in [1.54, 1.807) is 53.6 Å². The van der Waals surface area contributed by atoms with Crippen molar-refractivity contribution >= 4 is 69.1 Å². The third kappa shape index (κ3) is 10.5. The molecule has 6 aromatic rings. The summed E-state index contributed by atoms with van der Waals surface area (Å²) in [5, 5.41) is 8.64. The molecule has 0 aromatic carbocycles. The summed E-state index contributed by atoms with van der Waals surface area (Å²) in [5.74, 6) is 5.59. The quantitative estimate of drug-likeness (QED) is 0.103. The number of hydrogen-bond acceptors (Lipinski definition) is 12. The zero-order chi connectivity index (χ0) is 42.9. The van der Waals surface area contributed by atoms with Crippen LogP contribution >= 0.6 is 23.2 Å². The van der Waals surface area contributed by atoms with Crippen molar-refractivity contribution in [3.8, 4) is 34.6 Å². The van der Waals surface area contributed by atoms with Gasteiger partial charge in [-0.15, -0.1) is 5.92 Å². The molecule has 2 unspecified atom stereocenters. The zero-order valence-corrected chi connectivity index (χ0v) is 34.8. The van der Waals surface area contributed by atoms with Crippen LogP contribution in [0.5, 0.6) is 0 Å². The number of pyridine rings is 2. The molecule has 2 fully saturated rings. The van der Waals surface area contributed by atoms with E-state index in [2.05, 4.69) is 62.3 Å². The van der Waals surface area contributed by atoms with Crippen molar-refractivity contribution in [2.24, 2.45) is 11.8 Å². The van der Waals surface area contributed by atoms with Crippen molar-refractivity contribution in [1.29, 1.82) is 0 Å². The van der Waals surface area contributed by atoms with Crippen molar-refractivity contribution in [3.05, 3.63) is 71.0 Å². The molecule has 2 aliphatic heterocycles. The van der Waals surface area contributed by atoms with Gasteiger partial charge in [0.25, 0.3) is 0 Å². The predicted molar refractivity (Wildman–Crippen MR) is 227 cm³/mol. The molecule has 0 spiro atoms. The number of anilines is 2. The van der Waals surface area contributed by atoms with E-state index >= 15 is 0 Å². The lowest BCUT2D eigenvalue weighted by molar-refractivity contribution is 0.0954. The predicted octanol–water partition coefficient (Wildman–Crippen LogP) is 7.80. The Morgan fingerprint density at radius 2 is 1.28 bits per heavy atom. The maximum atomic E-state index is 14.4. The normalized spacial score (nSPS) is 16.3. The molecule has 8 heterocycles. The number of piperidine rings is 2. The van der Waals surface area contributed by atoms with Crippen molar-refractivity contribution in [2.75, 3.05) is 63.6 Å². The van der Waals surface area contributed by atoms with Crippen LogP contribution in [0.1, 0.15) is 32.6 Å². The van der Waals surface area contributed by atoms with Gasteiger partial charge in [-0.1, -0.05) is 29.1 Å². The average molecular weight is 876 g/mol. The van der Waals surface area contributed by atoms with Crippen LogP contribution in [-0.4, -0.2) is 115 Å². The molecule has 0 aliphatic carbocycles. The van der Waals surface area contributed by atoms with E-state index in [0.29, 0.717) is 83.4 Å². The second-order valence-electron chi connectivity index (χ2n) is 14.4. The fraction of sp³-hybridized carbons (Fsp3) is 0.366. The van der Waals surface area contributed by atoms with Crippen LogP contribution in [0.25, 0.3) is 44.8 Å². The second-order valence-corrected chi connectivity index (χ2v) is 15.3. The van der Waals surface area contributed by atoms with E-state index in [4.69, 9.17) is 32.7 Å². The van der Waals surface area contributed by atoms with Gasteiger partial charge in [0, 0.05) is 86.0 Å². The van der Waals surface area contributed by atoms with Crippen LogP contribution in [0.15, 0.2) is 49.3 Å². The molecule has 318 valence electrons. The first kappa shape index (κ1) is 42.8. The van der Waals surface area contributed by atoms with Gasteiger partial charge in [0.05, 0.1) is 29.5 Å². The number of nitrogens with zero attached hydrogens (tertiary/aromatic N) is 8. The number of carbonyl (C=O) groups is 2. The topological polar surface area (TPSA) is 192 Å². The van der Waals surface area contributed by atoms with Crippen LogP contribution < -0.4 is 10.6 Å². The van der Waals surface area contributed by atoms with Crippen LogP contribution in [0.3, 0.4) is 0 Å². The number of ether oxygens (including phenoxy) is 2. The Morgan fingerprint density at radius 1 is 0.787 bits per heavy atom. The van der Waals surface area contributed by atoms with E-state index in [9.17, 15) is 18.4 Å². The highest BCUT2D eigenvalue weighted by atomic mass is 35.5. The summed E-state index contributed by atoms with van der Waals surface area (Å²) < 4.78 is 38.6. The maximum absolute atomic E-state index is 14.4. The number of aromatic amines is 2. The number of rotatable bonds is 9. The Bertz CT molecular complexity index is 2580. The molecule has 16 nitrogen and oxygen atoms in total. The first-order valence-corrected chi connectivity index (χ1v) is 20.3. The highest BCUT2D eigenvalue weighted by Crippen LogP contribution is 2.30. The largest absolute Gasteiger partial charge is 0.453 e. The number of hydrogen-bond donors (Lipinski definition) is 4. The minimum Gasteiger partial charge on any atom is -0.453 e. The lowest BCUT2D eigenvalue weighted by Crippen LogP contribution is -2.42. The SMILES string of the molecule is CC#CCOC(=O)N1CCCC(CNc2nc(-c3c[nH]c4ncc(Cl)cc34)ncc2F)C1.COC(=O)N1CCCC(CNc2nc(-c3c[nH]c4ncc(Cl)cc34)ncc2F)C1. The van der Waals surface area contributed by atoms with Gasteiger partial charge in [0.1, 0.15) is 11.3 Å². The fourth-order valence-electron chi connectivity index (χ4n) is 7.23. The highest BCUT2D eigenvalue weighted by Gasteiger charge is 2.26. The molecule has 8 rings (SSSR count). The summed E-state index contributed by atoms with van der Waals surface area (Å²) in [6.45, 7) is 5.13. The van der Waals surface area contributed by atoms with Crippen LogP contribution in [0.4, 0.5) is 30.0 Å². The molecule has 0 bridgehead atoms. The Kier molecular flexibility index (Phi) is 13.9. The number of likely N-dealkylation sites (tertiary alicyclic amines) is 2. The first-order chi connectivity index (χ1) is 29.6. The van der Waals surface area contributed by atoms with Gasteiger partial charge >= 0.3 is 12.2 Å². The summed E-state index contributed by atoms with van der Waals surface area (Å²) >= 11 is 12.1. The Labute approximate surface area is 359 Å². The number of halogens is 4. The molecule has 20 heteroatoms. The molecule has 6 aromatic heterocycles. The third-order valence-electron chi connectivity index (χ3n) is 10.3. The first-order valence-electron chi connectivity index (χ1n) is 19.5. The molecule has 0 radical (unpaired) electrons. The molecule has 0 saturated carbocycles. The van der Waals surface area contributed by atoms with E-state index in [0.717, 1.165) is 48.8 Å². The Hall–Kier alpha value is -6.32. The van der Waals surface area contributed by atoms with Gasteiger partial charge in [0.15, 0.2) is 41.5 Å². The molecule has 61 heavy (non-hydrogen) atoms. The van der Waals surface area contributed by atoms with Crippen LogP contribution in [-0.2, 0) is 9.47 Å². The number of carbonyl (C=O) groups excluding carboxylic acids is 2. The second kappa shape index (κ2) is 19.8. The number of methoxy groups -OCH3 is 1. The van der Waals surface area contributed by atoms with Gasteiger partial charge in [-0.05, 0) is 56.6 Å². The monoisotopic (exact) mass is 874 g/mol. The van der Waals surface area contributed by atoms with E-state index in [-0.39, 0.29) is 42.3 Å². The van der Waals surface area contributed by atoms with Crippen molar-refractivity contribution in [2.45, 2.75) is 32.6 Å². The molecule has 2 amide bonds. The number of amides is 2. The Morgan fingerprint density at radius 3 is 1.75 bits per heavy atom. The van der Waals surface area contributed by atoms with Gasteiger partial charge in [0.2, 0.25) is 0 Å². The summed E-state index contributed by atoms with van der Waals surface area (Å²) in [5.41, 5.74) is 2.66. The molecule has 2 aliphatic rings. The summed E-state index contributed by atoms with van der Waals surface area (Å²) in [7, 11) is 1.37. The van der Waals surface area contributed by atoms with Crippen molar-refractivity contribution in [1.82, 2.24) is 49.7 Å². The molecular formula is C41H42Cl2F2N12O4. The minimum atomic E-state index is -0.546. The van der Waals surface area contributed by atoms with Gasteiger partial charge < -0.3 is 39.9 Å². The highest BCUT2D eigenvalue weighted by molar-refractivity contribution is 6.31. The molecule has 2 saturated heterocycles. The molecule has 2 atom stereocenters. The Balaban J connectivity index is 0.000000185.